The number of hydrogen-bond donors (Lipinski definition) is 2. The number of hydrogen-bond acceptors (Lipinski definition) is 3. The molecular formula is C23H30ClN5. The van der Waals surface area contributed by atoms with Crippen LogP contribution in [0.5, 0.6) is 0 Å². The Bertz CT molecular complexity index is 869. The molecule has 29 heavy (non-hydrogen) atoms. The molecule has 0 atom stereocenters. The van der Waals surface area contributed by atoms with Crippen LogP contribution < -0.4 is 15.5 Å². The highest BCUT2D eigenvalue weighted by Gasteiger charge is 2.44. The lowest BCUT2D eigenvalue weighted by molar-refractivity contribution is 0.458. The van der Waals surface area contributed by atoms with Crippen molar-refractivity contribution in [3.63, 3.8) is 0 Å². The van der Waals surface area contributed by atoms with Gasteiger partial charge in [-0.25, -0.2) is 4.98 Å². The van der Waals surface area contributed by atoms with Gasteiger partial charge in [0.1, 0.15) is 5.82 Å². The lowest BCUT2D eigenvalue weighted by Crippen LogP contribution is -2.50. The molecule has 2 aliphatic rings. The van der Waals surface area contributed by atoms with Crippen molar-refractivity contribution in [3.8, 4) is 0 Å². The van der Waals surface area contributed by atoms with Crippen LogP contribution in [0.4, 0.5) is 5.82 Å². The Labute approximate surface area is 178 Å². The van der Waals surface area contributed by atoms with E-state index in [-0.39, 0.29) is 5.41 Å². The number of pyridine rings is 1. The number of guanidine groups is 1. The van der Waals surface area contributed by atoms with Gasteiger partial charge >= 0.3 is 0 Å². The maximum atomic E-state index is 6.20. The first kappa shape index (κ1) is 20.0. The van der Waals surface area contributed by atoms with Gasteiger partial charge in [0, 0.05) is 48.9 Å². The van der Waals surface area contributed by atoms with Gasteiger partial charge in [0.2, 0.25) is 0 Å². The molecule has 6 heteroatoms. The van der Waals surface area contributed by atoms with E-state index in [2.05, 4.69) is 49.8 Å². The summed E-state index contributed by atoms with van der Waals surface area (Å²) in [6, 6.07) is 14.9. The summed E-state index contributed by atoms with van der Waals surface area (Å²) in [5.41, 5.74) is 2.59. The van der Waals surface area contributed by atoms with Crippen LogP contribution in [0.15, 0.2) is 47.5 Å². The standard InChI is InChI=1S/C23H30ClN5/c1-17-5-3-8-21(27-17)29-13-9-20(10-14-29)28-22(25-2)26-16-23(11-12-23)18-6-4-7-19(24)15-18/h3-8,15,20H,9-14,16H2,1-2H3,(H2,25,26,28). The highest BCUT2D eigenvalue weighted by atomic mass is 35.5. The molecule has 5 nitrogen and oxygen atoms in total. The van der Waals surface area contributed by atoms with E-state index in [9.17, 15) is 0 Å². The second kappa shape index (κ2) is 8.62. The summed E-state index contributed by atoms with van der Waals surface area (Å²) in [5.74, 6) is 1.98. The predicted octanol–water partition coefficient (Wildman–Crippen LogP) is 3.91. The third kappa shape index (κ3) is 4.84. The van der Waals surface area contributed by atoms with Crippen LogP contribution in [0.2, 0.25) is 5.02 Å². The van der Waals surface area contributed by atoms with E-state index in [1.807, 2.05) is 32.2 Å². The molecular weight excluding hydrogens is 382 g/mol. The summed E-state index contributed by atoms with van der Waals surface area (Å²) in [5, 5.41) is 7.99. The van der Waals surface area contributed by atoms with Gasteiger partial charge in [0.05, 0.1) is 0 Å². The van der Waals surface area contributed by atoms with Crippen molar-refractivity contribution >= 4 is 23.4 Å². The van der Waals surface area contributed by atoms with Crippen molar-refractivity contribution in [3.05, 3.63) is 58.7 Å². The number of nitrogens with one attached hydrogen (secondary N) is 2. The Hall–Kier alpha value is -2.27. The van der Waals surface area contributed by atoms with E-state index in [1.165, 1.54) is 18.4 Å². The molecule has 2 fully saturated rings. The van der Waals surface area contributed by atoms with Crippen LogP contribution in [-0.4, -0.2) is 43.7 Å². The van der Waals surface area contributed by atoms with E-state index in [0.29, 0.717) is 6.04 Å². The zero-order valence-electron chi connectivity index (χ0n) is 17.3. The number of aryl methyl sites for hydroxylation is 1. The van der Waals surface area contributed by atoms with E-state index in [0.717, 1.165) is 55.0 Å². The van der Waals surface area contributed by atoms with E-state index >= 15 is 0 Å². The third-order valence-electron chi connectivity index (χ3n) is 6.14. The van der Waals surface area contributed by atoms with Crippen molar-refractivity contribution in [2.75, 3.05) is 31.6 Å². The molecule has 1 aromatic heterocycles. The summed E-state index contributed by atoms with van der Waals surface area (Å²) in [4.78, 5) is 11.5. The molecule has 0 spiro atoms. The van der Waals surface area contributed by atoms with Gasteiger partial charge < -0.3 is 15.5 Å². The fourth-order valence-corrected chi connectivity index (χ4v) is 4.33. The molecule has 2 N–H and O–H groups in total. The third-order valence-corrected chi connectivity index (χ3v) is 6.38. The summed E-state index contributed by atoms with van der Waals surface area (Å²) < 4.78 is 0. The average Bonchev–Trinajstić information content (AvgIpc) is 3.53. The maximum Gasteiger partial charge on any atom is 0.191 e. The van der Waals surface area contributed by atoms with E-state index in [1.54, 1.807) is 0 Å². The Balaban J connectivity index is 1.28. The fourth-order valence-electron chi connectivity index (χ4n) is 4.14. The highest BCUT2D eigenvalue weighted by Crippen LogP contribution is 2.48. The lowest BCUT2D eigenvalue weighted by atomic mass is 9.96. The number of piperidine rings is 1. The minimum Gasteiger partial charge on any atom is -0.356 e. The number of benzene rings is 1. The quantitative estimate of drug-likeness (QED) is 0.578. The van der Waals surface area contributed by atoms with E-state index < -0.39 is 0 Å². The second-order valence-electron chi connectivity index (χ2n) is 8.26. The minimum absolute atomic E-state index is 0.197. The predicted molar refractivity (Wildman–Crippen MR) is 121 cm³/mol. The largest absolute Gasteiger partial charge is 0.356 e. The van der Waals surface area contributed by atoms with Gasteiger partial charge in [-0.15, -0.1) is 0 Å². The molecule has 1 aliphatic heterocycles. The SMILES string of the molecule is CN=C(NCC1(c2cccc(Cl)c2)CC1)NC1CCN(c2cccc(C)n2)CC1. The summed E-state index contributed by atoms with van der Waals surface area (Å²) in [7, 11) is 1.85. The smallest absolute Gasteiger partial charge is 0.191 e. The number of aromatic nitrogens is 1. The number of anilines is 1. The zero-order chi connectivity index (χ0) is 20.3. The Morgan fingerprint density at radius 2 is 1.97 bits per heavy atom. The lowest BCUT2D eigenvalue weighted by Gasteiger charge is -2.34. The molecule has 1 aromatic carbocycles. The van der Waals surface area contributed by atoms with Crippen LogP contribution in [0, 0.1) is 6.92 Å². The van der Waals surface area contributed by atoms with Crippen molar-refractivity contribution < 1.29 is 0 Å². The Morgan fingerprint density at radius 3 is 2.62 bits per heavy atom. The Kier molecular flexibility index (Phi) is 5.95. The monoisotopic (exact) mass is 411 g/mol. The van der Waals surface area contributed by atoms with Crippen LogP contribution in [0.1, 0.15) is 36.9 Å². The first-order chi connectivity index (χ1) is 14.1. The fraction of sp³-hybridized carbons (Fsp3) is 0.478. The molecule has 0 amide bonds. The number of nitrogens with zero attached hydrogens (tertiary/aromatic N) is 3. The van der Waals surface area contributed by atoms with Gasteiger partial charge in [-0.3, -0.25) is 4.99 Å². The second-order valence-corrected chi connectivity index (χ2v) is 8.70. The molecule has 2 heterocycles. The molecule has 2 aromatic rings. The molecule has 154 valence electrons. The van der Waals surface area contributed by atoms with Crippen molar-refractivity contribution in [1.29, 1.82) is 0 Å². The van der Waals surface area contributed by atoms with Gasteiger partial charge in [0.15, 0.2) is 5.96 Å². The Morgan fingerprint density at radius 1 is 1.21 bits per heavy atom. The molecule has 0 unspecified atom stereocenters. The van der Waals surface area contributed by atoms with Gasteiger partial charge in [-0.05, 0) is 62.4 Å². The molecule has 0 radical (unpaired) electrons. The van der Waals surface area contributed by atoms with Gasteiger partial charge in [0.25, 0.3) is 0 Å². The van der Waals surface area contributed by atoms with Crippen LogP contribution in [0.25, 0.3) is 0 Å². The van der Waals surface area contributed by atoms with Crippen molar-refractivity contribution in [1.82, 2.24) is 15.6 Å². The molecule has 1 aliphatic carbocycles. The van der Waals surface area contributed by atoms with Crippen molar-refractivity contribution in [2.24, 2.45) is 4.99 Å². The normalized spacial score (nSPS) is 19.1. The molecule has 4 rings (SSSR count). The summed E-state index contributed by atoms with van der Waals surface area (Å²) >= 11 is 6.20. The molecule has 0 bridgehead atoms. The topological polar surface area (TPSA) is 52.6 Å². The summed E-state index contributed by atoms with van der Waals surface area (Å²) in [6.07, 6.45) is 4.55. The zero-order valence-corrected chi connectivity index (χ0v) is 18.0. The van der Waals surface area contributed by atoms with Gasteiger partial charge in [-0.1, -0.05) is 29.8 Å². The maximum absolute atomic E-state index is 6.20. The van der Waals surface area contributed by atoms with Crippen LogP contribution in [-0.2, 0) is 5.41 Å². The number of aliphatic imine (C=N–C) groups is 1. The van der Waals surface area contributed by atoms with E-state index in [4.69, 9.17) is 11.6 Å². The highest BCUT2D eigenvalue weighted by molar-refractivity contribution is 6.30. The number of rotatable bonds is 5. The summed E-state index contributed by atoms with van der Waals surface area (Å²) in [6.45, 7) is 4.96. The molecule has 1 saturated heterocycles. The number of halogens is 1. The first-order valence-electron chi connectivity index (χ1n) is 10.5. The van der Waals surface area contributed by atoms with Crippen molar-refractivity contribution in [2.45, 2.75) is 44.1 Å². The average molecular weight is 412 g/mol. The molecule has 1 saturated carbocycles. The van der Waals surface area contributed by atoms with Gasteiger partial charge in [-0.2, -0.15) is 0 Å². The first-order valence-corrected chi connectivity index (χ1v) is 10.9. The van der Waals surface area contributed by atoms with Crippen LogP contribution >= 0.6 is 11.6 Å². The van der Waals surface area contributed by atoms with Crippen LogP contribution in [0.3, 0.4) is 0 Å². The minimum atomic E-state index is 0.197.